The molecule has 1 aromatic carbocycles. The lowest BCUT2D eigenvalue weighted by Gasteiger charge is -2.31. The van der Waals surface area contributed by atoms with Crippen LogP contribution in [0, 0.1) is 11.8 Å². The van der Waals surface area contributed by atoms with Crippen LogP contribution in [0.25, 0.3) is 0 Å². The van der Waals surface area contributed by atoms with E-state index in [1.807, 2.05) is 32.2 Å². The molecule has 1 aromatic rings. The highest BCUT2D eigenvalue weighted by Crippen LogP contribution is 2.32. The fraction of sp³-hybridized carbons (Fsp3) is 0.357. The third-order valence-electron chi connectivity index (χ3n) is 3.04. The molecule has 1 atom stereocenters. The summed E-state index contributed by atoms with van der Waals surface area (Å²) in [4.78, 5) is 13.6. The number of carbonyl (C=O) groups excluding carboxylic acids is 1. The molecule has 0 bridgehead atoms. The molecule has 1 unspecified atom stereocenters. The Balaban J connectivity index is 2.26. The van der Waals surface area contributed by atoms with E-state index in [9.17, 15) is 4.79 Å². The summed E-state index contributed by atoms with van der Waals surface area (Å²) in [7, 11) is 1.82. The van der Waals surface area contributed by atoms with Crippen LogP contribution < -0.4 is 10.2 Å². The van der Waals surface area contributed by atoms with E-state index in [0.29, 0.717) is 13.0 Å². The van der Waals surface area contributed by atoms with Gasteiger partial charge >= 0.3 is 0 Å². The normalized spacial score (nSPS) is 18.4. The molecule has 1 heterocycles. The second kappa shape index (κ2) is 5.03. The third kappa shape index (κ3) is 2.32. The van der Waals surface area contributed by atoms with E-state index in [1.54, 1.807) is 4.90 Å². The predicted molar refractivity (Wildman–Crippen MR) is 68.7 cm³/mol. The van der Waals surface area contributed by atoms with E-state index in [0.717, 1.165) is 5.69 Å². The zero-order chi connectivity index (χ0) is 12.3. The zero-order valence-electron chi connectivity index (χ0n) is 10.2. The van der Waals surface area contributed by atoms with E-state index in [4.69, 9.17) is 0 Å². The van der Waals surface area contributed by atoms with Gasteiger partial charge in [-0.25, -0.2) is 0 Å². The second-order valence-corrected chi connectivity index (χ2v) is 4.08. The number of hydrogen-bond acceptors (Lipinski definition) is 2. The number of benzene rings is 1. The average Bonchev–Trinajstić information content (AvgIpc) is 2.36. The molecule has 1 N–H and O–H groups in total. The maximum atomic E-state index is 11.8. The monoisotopic (exact) mass is 228 g/mol. The molecule has 0 saturated carbocycles. The SMILES string of the molecule is CC#CCNC1CC(=O)N(C)c2ccccc21. The molecule has 3 nitrogen and oxygen atoms in total. The fourth-order valence-corrected chi connectivity index (χ4v) is 2.09. The number of nitrogens with one attached hydrogen (secondary N) is 1. The smallest absolute Gasteiger partial charge is 0.228 e. The van der Waals surface area contributed by atoms with Gasteiger partial charge in [-0.2, -0.15) is 0 Å². The molecule has 0 radical (unpaired) electrons. The minimum Gasteiger partial charge on any atom is -0.315 e. The van der Waals surface area contributed by atoms with Gasteiger partial charge in [0.2, 0.25) is 5.91 Å². The summed E-state index contributed by atoms with van der Waals surface area (Å²) in [6.45, 7) is 2.43. The lowest BCUT2D eigenvalue weighted by Crippen LogP contribution is -2.37. The Morgan fingerprint density at radius 3 is 3.00 bits per heavy atom. The summed E-state index contributed by atoms with van der Waals surface area (Å²) in [6, 6.07) is 8.08. The molecule has 2 rings (SSSR count). The molecule has 0 aromatic heterocycles. The van der Waals surface area contributed by atoms with Crippen molar-refractivity contribution in [3.05, 3.63) is 29.8 Å². The first-order chi connectivity index (χ1) is 8.24. The summed E-state index contributed by atoms with van der Waals surface area (Å²) < 4.78 is 0. The molecular weight excluding hydrogens is 212 g/mol. The lowest BCUT2D eigenvalue weighted by atomic mass is 9.96. The number of amides is 1. The van der Waals surface area contributed by atoms with Crippen molar-refractivity contribution in [2.45, 2.75) is 19.4 Å². The Hall–Kier alpha value is -1.79. The molecule has 3 heteroatoms. The first-order valence-electron chi connectivity index (χ1n) is 5.72. The summed E-state index contributed by atoms with van der Waals surface area (Å²) in [5, 5.41) is 3.31. The van der Waals surface area contributed by atoms with Crippen LogP contribution in [-0.2, 0) is 4.79 Å². The number of anilines is 1. The van der Waals surface area contributed by atoms with Crippen molar-refractivity contribution in [1.82, 2.24) is 5.32 Å². The van der Waals surface area contributed by atoms with Crippen LogP contribution in [0.5, 0.6) is 0 Å². The summed E-state index contributed by atoms with van der Waals surface area (Å²) in [5.41, 5.74) is 2.17. The average molecular weight is 228 g/mol. The van der Waals surface area contributed by atoms with E-state index >= 15 is 0 Å². The van der Waals surface area contributed by atoms with Gasteiger partial charge in [0.15, 0.2) is 0 Å². The Kier molecular flexibility index (Phi) is 3.46. The van der Waals surface area contributed by atoms with Crippen LogP contribution in [0.4, 0.5) is 5.69 Å². The lowest BCUT2D eigenvalue weighted by molar-refractivity contribution is -0.119. The van der Waals surface area contributed by atoms with Gasteiger partial charge in [-0.15, -0.1) is 5.92 Å². The van der Waals surface area contributed by atoms with E-state index in [2.05, 4.69) is 23.2 Å². The summed E-state index contributed by atoms with van der Waals surface area (Å²) >= 11 is 0. The number of nitrogens with zero attached hydrogens (tertiary/aromatic N) is 1. The molecule has 1 aliphatic heterocycles. The number of hydrogen-bond donors (Lipinski definition) is 1. The van der Waals surface area contributed by atoms with Crippen LogP contribution in [0.1, 0.15) is 24.9 Å². The fourth-order valence-electron chi connectivity index (χ4n) is 2.09. The highest BCUT2D eigenvalue weighted by Gasteiger charge is 2.27. The summed E-state index contributed by atoms with van der Waals surface area (Å²) in [5.74, 6) is 5.95. The molecule has 0 aliphatic carbocycles. The highest BCUT2D eigenvalue weighted by atomic mass is 16.2. The van der Waals surface area contributed by atoms with E-state index in [-0.39, 0.29) is 11.9 Å². The van der Waals surface area contributed by atoms with Crippen LogP contribution in [0.2, 0.25) is 0 Å². The van der Waals surface area contributed by atoms with Crippen LogP contribution in [0.3, 0.4) is 0 Å². The first kappa shape index (κ1) is 11.7. The molecule has 88 valence electrons. The maximum Gasteiger partial charge on any atom is 0.228 e. The maximum absolute atomic E-state index is 11.8. The number of carbonyl (C=O) groups is 1. The number of rotatable bonds is 2. The Morgan fingerprint density at radius 2 is 2.24 bits per heavy atom. The molecule has 17 heavy (non-hydrogen) atoms. The van der Waals surface area contributed by atoms with Gasteiger partial charge in [0.25, 0.3) is 0 Å². The topological polar surface area (TPSA) is 32.3 Å². The minimum atomic E-state index is 0.0794. The standard InChI is InChI=1S/C14H16N2O/c1-3-4-9-15-12-10-14(17)16(2)13-8-6-5-7-11(12)13/h5-8,12,15H,9-10H2,1-2H3. The van der Waals surface area contributed by atoms with Crippen LogP contribution >= 0.6 is 0 Å². The van der Waals surface area contributed by atoms with Crippen LogP contribution in [-0.4, -0.2) is 19.5 Å². The van der Waals surface area contributed by atoms with Crippen molar-refractivity contribution < 1.29 is 4.79 Å². The van der Waals surface area contributed by atoms with Crippen molar-refractivity contribution in [2.75, 3.05) is 18.5 Å². The minimum absolute atomic E-state index is 0.0794. The van der Waals surface area contributed by atoms with Gasteiger partial charge in [0.1, 0.15) is 0 Å². The molecule has 1 amide bonds. The Bertz CT molecular complexity index is 484. The first-order valence-corrected chi connectivity index (χ1v) is 5.72. The summed E-state index contributed by atoms with van der Waals surface area (Å²) in [6.07, 6.45) is 0.499. The van der Waals surface area contributed by atoms with Crippen molar-refractivity contribution in [3.8, 4) is 11.8 Å². The van der Waals surface area contributed by atoms with Gasteiger partial charge in [-0.1, -0.05) is 24.1 Å². The van der Waals surface area contributed by atoms with Crippen molar-refractivity contribution in [3.63, 3.8) is 0 Å². The predicted octanol–water partition coefficient (Wildman–Crippen LogP) is 1.71. The van der Waals surface area contributed by atoms with Gasteiger partial charge < -0.3 is 4.90 Å². The number of para-hydroxylation sites is 1. The molecule has 0 spiro atoms. The highest BCUT2D eigenvalue weighted by molar-refractivity contribution is 5.96. The molecule has 0 saturated heterocycles. The van der Waals surface area contributed by atoms with Crippen molar-refractivity contribution in [1.29, 1.82) is 0 Å². The van der Waals surface area contributed by atoms with Crippen molar-refractivity contribution >= 4 is 11.6 Å². The second-order valence-electron chi connectivity index (χ2n) is 4.08. The molecular formula is C14H16N2O. The van der Waals surface area contributed by atoms with Crippen LogP contribution in [0.15, 0.2) is 24.3 Å². The van der Waals surface area contributed by atoms with E-state index in [1.165, 1.54) is 5.56 Å². The Morgan fingerprint density at radius 1 is 1.47 bits per heavy atom. The van der Waals surface area contributed by atoms with Gasteiger partial charge in [0.05, 0.1) is 6.54 Å². The number of fused-ring (bicyclic) bond motifs is 1. The van der Waals surface area contributed by atoms with Crippen molar-refractivity contribution in [2.24, 2.45) is 0 Å². The van der Waals surface area contributed by atoms with E-state index < -0.39 is 0 Å². The zero-order valence-corrected chi connectivity index (χ0v) is 10.2. The van der Waals surface area contributed by atoms with Gasteiger partial charge in [0, 0.05) is 25.2 Å². The van der Waals surface area contributed by atoms with Gasteiger partial charge in [-0.3, -0.25) is 10.1 Å². The van der Waals surface area contributed by atoms with Gasteiger partial charge in [-0.05, 0) is 18.6 Å². The Labute approximate surface area is 102 Å². The largest absolute Gasteiger partial charge is 0.315 e. The third-order valence-corrected chi connectivity index (χ3v) is 3.04. The quantitative estimate of drug-likeness (QED) is 0.781. The molecule has 0 fully saturated rings. The molecule has 1 aliphatic rings.